The summed E-state index contributed by atoms with van der Waals surface area (Å²) in [4.78, 5) is 0.0986. The maximum atomic E-state index is 12.7. The van der Waals surface area contributed by atoms with E-state index in [0.29, 0.717) is 5.56 Å². The second kappa shape index (κ2) is 5.30. The molecule has 4 rings (SSSR count). The first-order valence-corrected chi connectivity index (χ1v) is 9.66. The third kappa shape index (κ3) is 2.56. The third-order valence-corrected chi connectivity index (χ3v) is 6.32. The molecule has 1 aliphatic carbocycles. The highest BCUT2D eigenvalue weighted by Gasteiger charge is 2.78. The van der Waals surface area contributed by atoms with E-state index in [9.17, 15) is 13.5 Å². The summed E-state index contributed by atoms with van der Waals surface area (Å²) in [5, 5.41) is 9.90. The van der Waals surface area contributed by atoms with Crippen LogP contribution in [-0.2, 0) is 20.5 Å². The lowest BCUT2D eigenvalue weighted by Gasteiger charge is -2.17. The molecule has 1 spiro atoms. The number of benzene rings is 2. The molecule has 2 aromatic rings. The van der Waals surface area contributed by atoms with Crippen molar-refractivity contribution in [2.75, 3.05) is 6.61 Å². The van der Waals surface area contributed by atoms with Crippen LogP contribution < -0.4 is 4.18 Å². The van der Waals surface area contributed by atoms with Gasteiger partial charge in [-0.2, -0.15) is 8.42 Å². The fourth-order valence-electron chi connectivity index (χ4n) is 3.39. The van der Waals surface area contributed by atoms with Gasteiger partial charge in [0.1, 0.15) is 21.8 Å². The molecule has 5 nitrogen and oxygen atoms in total. The zero-order valence-electron chi connectivity index (χ0n) is 14.2. The van der Waals surface area contributed by atoms with Crippen molar-refractivity contribution in [2.24, 2.45) is 0 Å². The molecule has 6 heteroatoms. The van der Waals surface area contributed by atoms with Crippen LogP contribution in [0.1, 0.15) is 29.5 Å². The van der Waals surface area contributed by atoms with E-state index < -0.39 is 15.7 Å². The van der Waals surface area contributed by atoms with Gasteiger partial charge in [-0.25, -0.2) is 0 Å². The SMILES string of the molecule is Cc1ccc(S(=O)(=O)Oc2cc(C)ccc2C2(CO)OC23CC3)cc1. The van der Waals surface area contributed by atoms with Gasteiger partial charge >= 0.3 is 10.1 Å². The van der Waals surface area contributed by atoms with Crippen molar-refractivity contribution in [1.29, 1.82) is 0 Å². The van der Waals surface area contributed by atoms with Gasteiger partial charge in [-0.15, -0.1) is 0 Å². The molecule has 25 heavy (non-hydrogen) atoms. The number of aliphatic hydroxyl groups is 1. The Balaban J connectivity index is 1.73. The van der Waals surface area contributed by atoms with Crippen LogP contribution in [0.5, 0.6) is 5.75 Å². The van der Waals surface area contributed by atoms with Crippen LogP contribution in [0.2, 0.25) is 0 Å². The normalized spacial score (nSPS) is 23.5. The van der Waals surface area contributed by atoms with Crippen molar-refractivity contribution >= 4 is 10.1 Å². The number of hydrogen-bond acceptors (Lipinski definition) is 5. The Morgan fingerprint density at radius 1 is 1.08 bits per heavy atom. The number of rotatable bonds is 5. The molecule has 1 heterocycles. The van der Waals surface area contributed by atoms with E-state index in [0.717, 1.165) is 24.0 Å². The van der Waals surface area contributed by atoms with Crippen LogP contribution in [0.15, 0.2) is 47.4 Å². The molecule has 2 aromatic carbocycles. The number of hydrogen-bond donors (Lipinski definition) is 1. The number of epoxide rings is 1. The van der Waals surface area contributed by atoms with Gasteiger partial charge in [-0.05, 0) is 50.5 Å². The highest BCUT2D eigenvalue weighted by molar-refractivity contribution is 7.87. The van der Waals surface area contributed by atoms with Gasteiger partial charge in [0.25, 0.3) is 0 Å². The summed E-state index contributed by atoms with van der Waals surface area (Å²) < 4.78 is 36.6. The Morgan fingerprint density at radius 2 is 1.72 bits per heavy atom. The van der Waals surface area contributed by atoms with E-state index in [1.54, 1.807) is 24.3 Å². The molecule has 1 saturated heterocycles. The number of ether oxygens (including phenoxy) is 1. The molecule has 132 valence electrons. The number of aryl methyl sites for hydroxylation is 2. The molecule has 1 atom stereocenters. The second-order valence-corrected chi connectivity index (χ2v) is 8.48. The molecule has 1 unspecified atom stereocenters. The van der Waals surface area contributed by atoms with Crippen molar-refractivity contribution in [3.8, 4) is 5.75 Å². The van der Waals surface area contributed by atoms with Gasteiger partial charge < -0.3 is 14.0 Å². The van der Waals surface area contributed by atoms with Crippen molar-refractivity contribution in [3.05, 3.63) is 59.2 Å². The average molecular weight is 360 g/mol. The molecule has 0 radical (unpaired) electrons. The van der Waals surface area contributed by atoms with Crippen LogP contribution >= 0.6 is 0 Å². The molecule has 1 N–H and O–H groups in total. The van der Waals surface area contributed by atoms with Gasteiger partial charge in [-0.1, -0.05) is 29.8 Å². The second-order valence-electron chi connectivity index (χ2n) is 6.93. The van der Waals surface area contributed by atoms with Crippen LogP contribution in [0.4, 0.5) is 0 Å². The minimum Gasteiger partial charge on any atom is -0.393 e. The molecule has 1 saturated carbocycles. The molecular formula is C19H20O5S. The van der Waals surface area contributed by atoms with Crippen LogP contribution in [-0.4, -0.2) is 25.7 Å². The van der Waals surface area contributed by atoms with E-state index in [-0.39, 0.29) is 22.9 Å². The molecule has 2 aliphatic rings. The fraction of sp³-hybridized carbons (Fsp3) is 0.368. The lowest BCUT2D eigenvalue weighted by molar-refractivity contribution is 0.170. The lowest BCUT2D eigenvalue weighted by Crippen LogP contribution is -2.21. The van der Waals surface area contributed by atoms with E-state index in [4.69, 9.17) is 8.92 Å². The van der Waals surface area contributed by atoms with Gasteiger partial charge in [0.15, 0.2) is 0 Å². The van der Waals surface area contributed by atoms with Crippen molar-refractivity contribution < 1.29 is 22.4 Å². The van der Waals surface area contributed by atoms with E-state index >= 15 is 0 Å². The van der Waals surface area contributed by atoms with Crippen molar-refractivity contribution in [1.82, 2.24) is 0 Å². The van der Waals surface area contributed by atoms with Gasteiger partial charge in [0.2, 0.25) is 0 Å². The highest BCUT2D eigenvalue weighted by atomic mass is 32.2. The highest BCUT2D eigenvalue weighted by Crippen LogP contribution is 2.70. The Bertz CT molecular complexity index is 929. The predicted octanol–water partition coefficient (Wildman–Crippen LogP) is 2.82. The smallest absolute Gasteiger partial charge is 0.339 e. The maximum Gasteiger partial charge on any atom is 0.339 e. The Labute approximate surface area is 147 Å². The summed E-state index contributed by atoms with van der Waals surface area (Å²) in [6, 6.07) is 11.8. The quantitative estimate of drug-likeness (QED) is 0.655. The zero-order valence-corrected chi connectivity index (χ0v) is 15.0. The lowest BCUT2D eigenvalue weighted by atomic mass is 9.93. The van der Waals surface area contributed by atoms with E-state index in [1.165, 1.54) is 12.1 Å². The minimum absolute atomic E-state index is 0.0986. The summed E-state index contributed by atoms with van der Waals surface area (Å²) in [6.07, 6.45) is 1.73. The van der Waals surface area contributed by atoms with Crippen molar-refractivity contribution in [2.45, 2.75) is 42.8 Å². The predicted molar refractivity (Wildman–Crippen MR) is 92.0 cm³/mol. The van der Waals surface area contributed by atoms with Crippen LogP contribution in [0, 0.1) is 13.8 Å². The first-order valence-electron chi connectivity index (χ1n) is 8.25. The first kappa shape index (κ1) is 16.6. The topological polar surface area (TPSA) is 76.1 Å². The van der Waals surface area contributed by atoms with Gasteiger partial charge in [0.05, 0.1) is 6.61 Å². The Kier molecular flexibility index (Phi) is 3.51. The Hall–Kier alpha value is -1.89. The minimum atomic E-state index is -3.96. The third-order valence-electron chi connectivity index (χ3n) is 5.07. The summed E-state index contributed by atoms with van der Waals surface area (Å²) in [7, 11) is -3.96. The standard InChI is InChI=1S/C19H20O5S/c1-13-3-6-15(7-4-13)25(21,22)23-17-11-14(2)5-8-16(17)19(12-20)18(24-19)9-10-18/h3-8,11,20H,9-10,12H2,1-2H3. The summed E-state index contributed by atoms with van der Waals surface area (Å²) >= 11 is 0. The fourth-order valence-corrected chi connectivity index (χ4v) is 4.33. The zero-order chi connectivity index (χ0) is 17.9. The van der Waals surface area contributed by atoms with Crippen molar-refractivity contribution in [3.63, 3.8) is 0 Å². The molecule has 0 amide bonds. The summed E-state index contributed by atoms with van der Waals surface area (Å²) in [5.74, 6) is 0.221. The van der Waals surface area contributed by atoms with E-state index in [1.807, 2.05) is 19.9 Å². The summed E-state index contributed by atoms with van der Waals surface area (Å²) in [5.41, 5.74) is 1.24. The largest absolute Gasteiger partial charge is 0.393 e. The van der Waals surface area contributed by atoms with Gasteiger partial charge in [0, 0.05) is 5.56 Å². The number of aliphatic hydroxyl groups excluding tert-OH is 1. The maximum absolute atomic E-state index is 12.7. The summed E-state index contributed by atoms with van der Waals surface area (Å²) in [6.45, 7) is 3.55. The van der Waals surface area contributed by atoms with Gasteiger partial charge in [-0.3, -0.25) is 0 Å². The average Bonchev–Trinajstić information content (AvgIpc) is 3.46. The molecule has 2 fully saturated rings. The molecule has 1 aliphatic heterocycles. The first-order chi connectivity index (χ1) is 11.8. The molecular weight excluding hydrogens is 340 g/mol. The molecule has 0 bridgehead atoms. The Morgan fingerprint density at radius 3 is 2.28 bits per heavy atom. The van der Waals surface area contributed by atoms with E-state index in [2.05, 4.69) is 0 Å². The monoisotopic (exact) mass is 360 g/mol. The van der Waals surface area contributed by atoms with Crippen LogP contribution in [0.3, 0.4) is 0 Å². The molecule has 0 aromatic heterocycles. The van der Waals surface area contributed by atoms with Crippen LogP contribution in [0.25, 0.3) is 0 Å².